The zero-order chi connectivity index (χ0) is 27.8. The third-order valence-electron chi connectivity index (χ3n) is 5.77. The number of aliphatic imine (C=N–C) groups is 1. The SMILES string of the molecule is CCN=C/C=C(/C=C/c1c(C)c(C(F)(F)F)c(/C=C/c2cc[n+](CC)cc2)c(C)c1C(F)(F)F)CC=N. The molecular weight excluding hydrogens is 492 g/mol. The lowest BCUT2D eigenvalue weighted by molar-refractivity contribution is -0.693. The second kappa shape index (κ2) is 12.7. The molecule has 0 saturated carbocycles. The Morgan fingerprint density at radius 3 is 1.89 bits per heavy atom. The number of aryl methyl sites for hydroxylation is 1. The molecule has 198 valence electrons. The van der Waals surface area contributed by atoms with Crippen LogP contribution in [0.4, 0.5) is 26.3 Å². The van der Waals surface area contributed by atoms with Crippen molar-refractivity contribution >= 4 is 30.7 Å². The first-order valence-electron chi connectivity index (χ1n) is 11.7. The molecule has 0 atom stereocenters. The number of nitrogens with zero attached hydrogens (tertiary/aromatic N) is 2. The minimum absolute atomic E-state index is 0.0909. The molecule has 9 heteroatoms. The Hall–Kier alpha value is -3.49. The van der Waals surface area contributed by atoms with E-state index in [0.717, 1.165) is 32.2 Å². The molecule has 2 rings (SSSR count). The minimum atomic E-state index is -4.89. The van der Waals surface area contributed by atoms with Crippen molar-refractivity contribution in [3.8, 4) is 0 Å². The Morgan fingerprint density at radius 2 is 1.43 bits per heavy atom. The fraction of sp³-hybridized carbons (Fsp3) is 0.321. The summed E-state index contributed by atoms with van der Waals surface area (Å²) in [6, 6.07) is 3.35. The number of nitrogens with one attached hydrogen (secondary N) is 1. The second-order valence-electron chi connectivity index (χ2n) is 8.25. The van der Waals surface area contributed by atoms with Crippen LogP contribution >= 0.6 is 0 Å². The molecular formula is C28H30F6N3+. The van der Waals surface area contributed by atoms with Crippen LogP contribution in [0.15, 0.2) is 47.2 Å². The number of hydrogen-bond donors (Lipinski definition) is 1. The van der Waals surface area contributed by atoms with Crippen molar-refractivity contribution in [1.29, 1.82) is 5.41 Å². The van der Waals surface area contributed by atoms with Crippen LogP contribution in [0, 0.1) is 19.3 Å². The number of benzene rings is 1. The average Bonchev–Trinajstić information content (AvgIpc) is 2.81. The number of halogens is 6. The number of aromatic nitrogens is 1. The summed E-state index contributed by atoms with van der Waals surface area (Å²) in [4.78, 5) is 4.00. The monoisotopic (exact) mass is 522 g/mol. The lowest BCUT2D eigenvalue weighted by atomic mass is 9.86. The van der Waals surface area contributed by atoms with Gasteiger partial charge in [0, 0.05) is 31.3 Å². The van der Waals surface area contributed by atoms with E-state index in [2.05, 4.69) is 4.99 Å². The maximum atomic E-state index is 14.3. The third kappa shape index (κ3) is 7.74. The van der Waals surface area contributed by atoms with E-state index in [0.29, 0.717) is 24.2 Å². The van der Waals surface area contributed by atoms with Crippen LogP contribution in [-0.2, 0) is 18.9 Å². The lowest BCUT2D eigenvalue weighted by Gasteiger charge is -2.24. The van der Waals surface area contributed by atoms with Crippen LogP contribution in [-0.4, -0.2) is 19.0 Å². The Labute approximate surface area is 213 Å². The number of allylic oxidation sites excluding steroid dienone is 3. The molecule has 37 heavy (non-hydrogen) atoms. The van der Waals surface area contributed by atoms with Crippen molar-refractivity contribution in [3.05, 3.63) is 81.2 Å². The first-order chi connectivity index (χ1) is 17.3. The van der Waals surface area contributed by atoms with E-state index in [1.165, 1.54) is 24.4 Å². The van der Waals surface area contributed by atoms with Gasteiger partial charge in [-0.1, -0.05) is 24.3 Å². The Morgan fingerprint density at radius 1 is 0.892 bits per heavy atom. The van der Waals surface area contributed by atoms with E-state index in [1.807, 2.05) is 11.5 Å². The van der Waals surface area contributed by atoms with Gasteiger partial charge in [0.2, 0.25) is 0 Å². The van der Waals surface area contributed by atoms with Gasteiger partial charge in [-0.3, -0.25) is 4.99 Å². The summed E-state index contributed by atoms with van der Waals surface area (Å²) in [5.41, 5.74) is -3.35. The third-order valence-corrected chi connectivity index (χ3v) is 5.77. The van der Waals surface area contributed by atoms with Gasteiger partial charge in [-0.2, -0.15) is 26.3 Å². The normalized spacial score (nSPS) is 13.4. The predicted octanol–water partition coefficient (Wildman–Crippen LogP) is 7.89. The van der Waals surface area contributed by atoms with Crippen LogP contribution in [0.25, 0.3) is 18.2 Å². The van der Waals surface area contributed by atoms with Crippen molar-refractivity contribution in [1.82, 2.24) is 0 Å². The summed E-state index contributed by atoms with van der Waals surface area (Å²) in [6.45, 7) is 7.03. The first kappa shape index (κ1) is 29.7. The first-order valence-corrected chi connectivity index (χ1v) is 11.7. The van der Waals surface area contributed by atoms with E-state index in [9.17, 15) is 26.3 Å². The summed E-state index contributed by atoms with van der Waals surface area (Å²) in [5, 5.41) is 7.32. The molecule has 0 saturated heterocycles. The average molecular weight is 523 g/mol. The highest BCUT2D eigenvalue weighted by Crippen LogP contribution is 2.45. The van der Waals surface area contributed by atoms with E-state index in [1.54, 1.807) is 31.5 Å². The molecule has 0 fully saturated rings. The van der Waals surface area contributed by atoms with Gasteiger partial charge in [0.25, 0.3) is 0 Å². The Balaban J connectivity index is 2.81. The highest BCUT2D eigenvalue weighted by atomic mass is 19.4. The van der Waals surface area contributed by atoms with Crippen LogP contribution in [0.2, 0.25) is 0 Å². The predicted molar refractivity (Wildman–Crippen MR) is 137 cm³/mol. The van der Waals surface area contributed by atoms with Gasteiger partial charge in [0.1, 0.15) is 6.54 Å². The topological polar surface area (TPSA) is 40.1 Å². The molecule has 0 spiro atoms. The van der Waals surface area contributed by atoms with Gasteiger partial charge in [0.15, 0.2) is 12.4 Å². The zero-order valence-corrected chi connectivity index (χ0v) is 21.1. The fourth-order valence-electron chi connectivity index (χ4n) is 3.92. The van der Waals surface area contributed by atoms with Crippen LogP contribution in [0.1, 0.15) is 59.2 Å². The second-order valence-corrected chi connectivity index (χ2v) is 8.25. The molecule has 0 amide bonds. The van der Waals surface area contributed by atoms with Gasteiger partial charge in [0.05, 0.1) is 11.1 Å². The molecule has 0 aliphatic carbocycles. The van der Waals surface area contributed by atoms with E-state index >= 15 is 0 Å². The van der Waals surface area contributed by atoms with Crippen molar-refractivity contribution < 1.29 is 30.9 Å². The molecule has 1 N–H and O–H groups in total. The summed E-state index contributed by atoms with van der Waals surface area (Å²) in [7, 11) is 0. The molecule has 1 heterocycles. The number of hydrogen-bond acceptors (Lipinski definition) is 2. The van der Waals surface area contributed by atoms with Gasteiger partial charge >= 0.3 is 12.4 Å². The number of pyridine rings is 1. The summed E-state index contributed by atoms with van der Waals surface area (Å²) >= 11 is 0. The maximum absolute atomic E-state index is 14.3. The molecule has 0 bridgehead atoms. The maximum Gasteiger partial charge on any atom is 0.417 e. The smallest absolute Gasteiger partial charge is 0.313 e. The van der Waals surface area contributed by atoms with Crippen molar-refractivity contribution in [2.45, 2.75) is 53.0 Å². The van der Waals surface area contributed by atoms with Crippen molar-refractivity contribution in [2.75, 3.05) is 6.54 Å². The van der Waals surface area contributed by atoms with Gasteiger partial charge in [-0.05, 0) is 73.4 Å². The molecule has 2 aromatic rings. The van der Waals surface area contributed by atoms with Gasteiger partial charge in [-0.15, -0.1) is 0 Å². The number of rotatable bonds is 9. The molecule has 1 aromatic heterocycles. The molecule has 0 aliphatic heterocycles. The lowest BCUT2D eigenvalue weighted by Crippen LogP contribution is -2.30. The standard InChI is InChI=1S/C28H30F6N3/c1-5-36-16-12-21(11-15-35)7-9-23-19(3)26(28(32,33)34)24(20(4)25(23)27(29,30)31)10-8-22-13-17-37(6-2)18-14-22/h7-10,12-18,35H,5-6,11H2,1-4H3/q+1/b9-7+,10-8+,21-12-,35-15?,36-16?. The van der Waals surface area contributed by atoms with E-state index in [-0.39, 0.29) is 6.42 Å². The molecule has 1 aromatic carbocycles. The summed E-state index contributed by atoms with van der Waals surface area (Å²) < 4.78 is 87.3. The van der Waals surface area contributed by atoms with E-state index < -0.39 is 45.7 Å². The molecule has 0 unspecified atom stereocenters. The number of alkyl halides is 6. The van der Waals surface area contributed by atoms with Crippen LogP contribution in [0.3, 0.4) is 0 Å². The Kier molecular flexibility index (Phi) is 10.2. The quantitative estimate of drug-likeness (QED) is 0.151. The highest BCUT2D eigenvalue weighted by molar-refractivity contribution is 5.79. The van der Waals surface area contributed by atoms with Crippen molar-refractivity contribution in [2.24, 2.45) is 4.99 Å². The molecule has 0 aliphatic rings. The zero-order valence-electron chi connectivity index (χ0n) is 21.1. The minimum Gasteiger partial charge on any atom is -0.313 e. The van der Waals surface area contributed by atoms with E-state index in [4.69, 9.17) is 5.41 Å². The van der Waals surface area contributed by atoms with Crippen LogP contribution < -0.4 is 4.57 Å². The van der Waals surface area contributed by atoms with Crippen molar-refractivity contribution in [3.63, 3.8) is 0 Å². The van der Waals surface area contributed by atoms with Gasteiger partial charge < -0.3 is 5.41 Å². The largest absolute Gasteiger partial charge is 0.417 e. The van der Waals surface area contributed by atoms with Crippen LogP contribution in [0.5, 0.6) is 0 Å². The molecule has 0 radical (unpaired) electrons. The molecule has 3 nitrogen and oxygen atoms in total. The van der Waals surface area contributed by atoms with Gasteiger partial charge in [-0.25, -0.2) is 4.57 Å². The Bertz CT molecular complexity index is 1210. The highest BCUT2D eigenvalue weighted by Gasteiger charge is 2.42. The summed E-state index contributed by atoms with van der Waals surface area (Å²) in [5.74, 6) is 0. The summed E-state index contributed by atoms with van der Waals surface area (Å²) in [6.07, 6.45) is 2.64. The fourth-order valence-corrected chi connectivity index (χ4v) is 3.92.